The molecule has 2 heterocycles. The van der Waals surface area contributed by atoms with Crippen molar-refractivity contribution in [2.45, 2.75) is 17.7 Å². The van der Waals surface area contributed by atoms with Crippen LogP contribution in [-0.2, 0) is 26.0 Å². The average molecular weight is 447 g/mol. The third-order valence-corrected chi connectivity index (χ3v) is 7.33. The predicted molar refractivity (Wildman–Crippen MR) is 114 cm³/mol. The van der Waals surface area contributed by atoms with Gasteiger partial charge in [0.25, 0.3) is 0 Å². The first-order chi connectivity index (χ1) is 14.8. The molecule has 0 aromatic heterocycles. The molecule has 2 aromatic rings. The Morgan fingerprint density at radius 2 is 1.87 bits per heavy atom. The van der Waals surface area contributed by atoms with E-state index < -0.39 is 15.8 Å². The predicted octanol–water partition coefficient (Wildman–Crippen LogP) is 1.66. The Morgan fingerprint density at radius 3 is 2.61 bits per heavy atom. The Balaban J connectivity index is 1.29. The summed E-state index contributed by atoms with van der Waals surface area (Å²) in [5.41, 5.74) is 1.76. The van der Waals surface area contributed by atoms with Gasteiger partial charge in [0.2, 0.25) is 21.8 Å². The van der Waals surface area contributed by atoms with Crippen LogP contribution in [0.1, 0.15) is 12.0 Å². The number of fused-ring (bicyclic) bond motifs is 1. The lowest BCUT2D eigenvalue weighted by molar-refractivity contribution is -0.117. The van der Waals surface area contributed by atoms with Crippen LogP contribution >= 0.6 is 0 Å². The molecule has 1 fully saturated rings. The molecule has 0 radical (unpaired) electrons. The normalized spacial score (nSPS) is 17.3. The number of sulfonamides is 1. The molecule has 0 spiro atoms. The number of anilines is 2. The molecule has 2 amide bonds. The molecule has 2 aliphatic heterocycles. The fourth-order valence-corrected chi connectivity index (χ4v) is 5.23. The Labute approximate surface area is 180 Å². The molecule has 0 saturated carbocycles. The van der Waals surface area contributed by atoms with Gasteiger partial charge < -0.3 is 15.5 Å². The van der Waals surface area contributed by atoms with E-state index in [2.05, 4.69) is 10.6 Å². The molecule has 0 aliphatic carbocycles. The van der Waals surface area contributed by atoms with Crippen LogP contribution in [0.3, 0.4) is 0 Å². The number of nitrogens with zero attached hydrogens (tertiary/aromatic N) is 2. The Kier molecular flexibility index (Phi) is 6.03. The lowest BCUT2D eigenvalue weighted by atomic mass is 10.2. The van der Waals surface area contributed by atoms with Crippen LogP contribution in [-0.4, -0.2) is 62.2 Å². The van der Waals surface area contributed by atoms with Crippen molar-refractivity contribution in [3.8, 4) is 0 Å². The van der Waals surface area contributed by atoms with Crippen LogP contribution in [0.5, 0.6) is 0 Å². The third-order valence-electron chi connectivity index (χ3n) is 5.43. The molecule has 31 heavy (non-hydrogen) atoms. The number of nitrogens with one attached hydrogen (secondary N) is 2. The number of hydrogen-bond donors (Lipinski definition) is 2. The van der Waals surface area contributed by atoms with E-state index in [1.807, 2.05) is 4.90 Å². The molecule has 8 nitrogen and oxygen atoms in total. The topological polar surface area (TPSA) is 98.8 Å². The fraction of sp³-hybridized carbons (Fsp3) is 0.333. The number of amides is 2. The van der Waals surface area contributed by atoms with Crippen LogP contribution in [0.15, 0.2) is 47.4 Å². The molecule has 1 saturated heterocycles. The first kappa shape index (κ1) is 21.4. The summed E-state index contributed by atoms with van der Waals surface area (Å²) in [5, 5.41) is 5.36. The number of halogens is 1. The van der Waals surface area contributed by atoms with Gasteiger partial charge in [-0.2, -0.15) is 4.31 Å². The van der Waals surface area contributed by atoms with Crippen LogP contribution in [0, 0.1) is 5.82 Å². The lowest BCUT2D eigenvalue weighted by Crippen LogP contribution is -2.49. The van der Waals surface area contributed by atoms with Crippen molar-refractivity contribution in [2.24, 2.45) is 0 Å². The van der Waals surface area contributed by atoms with Crippen molar-refractivity contribution in [2.75, 3.05) is 43.4 Å². The van der Waals surface area contributed by atoms with E-state index >= 15 is 0 Å². The number of piperazine rings is 1. The second-order valence-corrected chi connectivity index (χ2v) is 9.54. The van der Waals surface area contributed by atoms with Crippen LogP contribution in [0.25, 0.3) is 0 Å². The monoisotopic (exact) mass is 446 g/mol. The Bertz CT molecular complexity index is 1110. The maximum Gasteiger partial charge on any atom is 0.243 e. The zero-order chi connectivity index (χ0) is 22.0. The summed E-state index contributed by atoms with van der Waals surface area (Å²) in [6, 6.07) is 10.4. The van der Waals surface area contributed by atoms with Crippen molar-refractivity contribution in [1.29, 1.82) is 0 Å². The molecule has 0 bridgehead atoms. The summed E-state index contributed by atoms with van der Waals surface area (Å²) in [5.74, 6) is -0.775. The molecule has 2 aliphatic rings. The highest BCUT2D eigenvalue weighted by Gasteiger charge is 2.30. The van der Waals surface area contributed by atoms with E-state index in [4.69, 9.17) is 0 Å². The van der Waals surface area contributed by atoms with E-state index in [1.54, 1.807) is 18.2 Å². The van der Waals surface area contributed by atoms with Crippen LogP contribution in [0.2, 0.25) is 0 Å². The minimum absolute atomic E-state index is 0.139. The van der Waals surface area contributed by atoms with E-state index in [9.17, 15) is 22.4 Å². The number of carbonyl (C=O) groups is 2. The van der Waals surface area contributed by atoms with Gasteiger partial charge >= 0.3 is 0 Å². The Hall–Kier alpha value is -2.82. The van der Waals surface area contributed by atoms with Gasteiger partial charge in [-0.3, -0.25) is 9.59 Å². The van der Waals surface area contributed by atoms with Crippen molar-refractivity contribution < 1.29 is 22.4 Å². The SMILES string of the molecule is O=C(CCN1CCN(S(=O)(=O)c2ccc3c(c2)CC(=O)N3)CC1)Nc1cccc(F)c1. The highest BCUT2D eigenvalue weighted by atomic mass is 32.2. The highest BCUT2D eigenvalue weighted by Crippen LogP contribution is 2.27. The van der Waals surface area contributed by atoms with E-state index in [1.165, 1.54) is 28.6 Å². The second kappa shape index (κ2) is 8.74. The van der Waals surface area contributed by atoms with Crippen molar-refractivity contribution >= 4 is 33.2 Å². The lowest BCUT2D eigenvalue weighted by Gasteiger charge is -2.33. The first-order valence-electron chi connectivity index (χ1n) is 10.0. The molecular weight excluding hydrogens is 423 g/mol. The fourth-order valence-electron chi connectivity index (χ4n) is 3.76. The summed E-state index contributed by atoms with van der Waals surface area (Å²) < 4.78 is 40.6. The minimum atomic E-state index is -3.65. The maximum absolute atomic E-state index is 13.2. The maximum atomic E-state index is 13.2. The van der Waals surface area contributed by atoms with Gasteiger partial charge in [0.05, 0.1) is 11.3 Å². The second-order valence-electron chi connectivity index (χ2n) is 7.60. The first-order valence-corrected chi connectivity index (χ1v) is 11.5. The van der Waals surface area contributed by atoms with Crippen LogP contribution < -0.4 is 10.6 Å². The molecule has 0 atom stereocenters. The van der Waals surface area contributed by atoms with Crippen molar-refractivity contribution in [3.05, 3.63) is 53.8 Å². The number of hydrogen-bond acceptors (Lipinski definition) is 5. The van der Waals surface area contributed by atoms with Crippen molar-refractivity contribution in [1.82, 2.24) is 9.21 Å². The zero-order valence-electron chi connectivity index (χ0n) is 16.8. The molecule has 0 unspecified atom stereocenters. The number of rotatable bonds is 6. The van der Waals surface area contributed by atoms with Gasteiger partial charge in [-0.25, -0.2) is 12.8 Å². The minimum Gasteiger partial charge on any atom is -0.326 e. The van der Waals surface area contributed by atoms with Gasteiger partial charge in [0, 0.05) is 50.5 Å². The van der Waals surface area contributed by atoms with E-state index in [0.29, 0.717) is 49.7 Å². The molecule has 2 N–H and O–H groups in total. The Morgan fingerprint density at radius 1 is 1.10 bits per heavy atom. The standard InChI is InChI=1S/C21H23FN4O4S/c22-16-2-1-3-17(14-16)23-20(27)6-7-25-8-10-26(11-9-25)31(29,30)18-4-5-19-15(12-18)13-21(28)24-19/h1-5,12,14H,6-11,13H2,(H,23,27)(H,24,28). The number of carbonyl (C=O) groups excluding carboxylic acids is 2. The quantitative estimate of drug-likeness (QED) is 0.703. The smallest absolute Gasteiger partial charge is 0.243 e. The molecule has 10 heteroatoms. The summed E-state index contributed by atoms with van der Waals surface area (Å²) in [6.45, 7) is 2.15. The largest absolute Gasteiger partial charge is 0.326 e. The molecule has 164 valence electrons. The van der Waals surface area contributed by atoms with E-state index in [-0.39, 0.29) is 29.6 Å². The highest BCUT2D eigenvalue weighted by molar-refractivity contribution is 7.89. The van der Waals surface area contributed by atoms with Gasteiger partial charge in [0.15, 0.2) is 0 Å². The summed E-state index contributed by atoms with van der Waals surface area (Å²) in [7, 11) is -3.65. The van der Waals surface area contributed by atoms with Crippen LogP contribution in [0.4, 0.5) is 15.8 Å². The van der Waals surface area contributed by atoms with Crippen molar-refractivity contribution in [3.63, 3.8) is 0 Å². The van der Waals surface area contributed by atoms with Gasteiger partial charge in [-0.05, 0) is 42.0 Å². The summed E-state index contributed by atoms with van der Waals surface area (Å²) >= 11 is 0. The summed E-state index contributed by atoms with van der Waals surface area (Å²) in [6.07, 6.45) is 0.416. The van der Waals surface area contributed by atoms with Gasteiger partial charge in [-0.1, -0.05) is 6.07 Å². The molecular formula is C21H23FN4O4S. The number of benzene rings is 2. The van der Waals surface area contributed by atoms with E-state index in [0.717, 1.165) is 0 Å². The third kappa shape index (κ3) is 4.92. The molecule has 2 aromatic carbocycles. The summed E-state index contributed by atoms with van der Waals surface area (Å²) in [4.78, 5) is 25.8. The zero-order valence-corrected chi connectivity index (χ0v) is 17.6. The van der Waals surface area contributed by atoms with Gasteiger partial charge in [-0.15, -0.1) is 0 Å². The average Bonchev–Trinajstić information content (AvgIpc) is 3.12. The molecule has 4 rings (SSSR count). The van der Waals surface area contributed by atoms with Gasteiger partial charge in [0.1, 0.15) is 5.82 Å².